The third-order valence-electron chi connectivity index (χ3n) is 0.709. The van der Waals surface area contributed by atoms with E-state index in [-0.39, 0.29) is 0 Å². The summed E-state index contributed by atoms with van der Waals surface area (Å²) in [6.07, 6.45) is 1.74. The van der Waals surface area contributed by atoms with Crippen LogP contribution in [0.1, 0.15) is 6.92 Å². The largest absolute Gasteiger partial charge is 0.290 e. The Labute approximate surface area is 52.8 Å². The second-order valence-electron chi connectivity index (χ2n) is 1.51. The van der Waals surface area contributed by atoms with Crippen LogP contribution >= 0.6 is 12.1 Å². The minimum atomic E-state index is 0.827. The van der Waals surface area contributed by atoms with Crippen molar-refractivity contribution in [1.82, 2.24) is 4.31 Å². The lowest BCUT2D eigenvalue weighted by Crippen LogP contribution is -2.09. The molecule has 3 nitrogen and oxygen atoms in total. The molecule has 0 saturated carbocycles. The molecule has 0 bridgehead atoms. The van der Waals surface area contributed by atoms with Gasteiger partial charge in [-0.1, -0.05) is 0 Å². The molecule has 0 radical (unpaired) electrons. The fraction of sp³-hybridized carbons (Fsp3) is 0.500. The van der Waals surface area contributed by atoms with Gasteiger partial charge in [-0.2, -0.15) is 4.40 Å². The summed E-state index contributed by atoms with van der Waals surface area (Å²) in [6, 6.07) is 0. The van der Waals surface area contributed by atoms with Crippen LogP contribution in [0.5, 0.6) is 0 Å². The summed E-state index contributed by atoms with van der Waals surface area (Å²) in [5, 5.41) is 0. The molecular formula is C4H7N3S. The Hall–Kier alpha value is -0.510. The Morgan fingerprint density at radius 2 is 2.50 bits per heavy atom. The van der Waals surface area contributed by atoms with Crippen LogP contribution in [0.4, 0.5) is 0 Å². The van der Waals surface area contributed by atoms with E-state index in [0.717, 1.165) is 5.84 Å². The smallest absolute Gasteiger partial charge is 0.137 e. The topological polar surface area (TPSA) is 28.0 Å². The molecule has 1 aliphatic rings. The van der Waals surface area contributed by atoms with Crippen LogP contribution in [0, 0.1) is 0 Å². The second kappa shape index (κ2) is 2.17. The van der Waals surface area contributed by atoms with Crippen LogP contribution in [0.15, 0.2) is 9.39 Å². The van der Waals surface area contributed by atoms with Crippen LogP contribution < -0.4 is 0 Å². The molecular weight excluding hydrogens is 122 g/mol. The van der Waals surface area contributed by atoms with Crippen molar-refractivity contribution in [2.75, 3.05) is 7.05 Å². The summed E-state index contributed by atoms with van der Waals surface area (Å²) >= 11 is 1.40. The van der Waals surface area contributed by atoms with Gasteiger partial charge in [0.25, 0.3) is 0 Å². The molecule has 8 heavy (non-hydrogen) atoms. The van der Waals surface area contributed by atoms with Gasteiger partial charge in [-0.25, -0.2) is 4.99 Å². The van der Waals surface area contributed by atoms with Gasteiger partial charge in [0.05, 0.1) is 12.1 Å². The van der Waals surface area contributed by atoms with Crippen LogP contribution in [-0.2, 0) is 0 Å². The highest BCUT2D eigenvalue weighted by molar-refractivity contribution is 7.96. The predicted octanol–water partition coefficient (Wildman–Crippen LogP) is 0.942. The quantitative estimate of drug-likeness (QED) is 0.455. The summed E-state index contributed by atoms with van der Waals surface area (Å²) < 4.78 is 5.81. The first-order valence-corrected chi connectivity index (χ1v) is 3.01. The zero-order valence-electron chi connectivity index (χ0n) is 4.83. The molecule has 1 rings (SSSR count). The van der Waals surface area contributed by atoms with E-state index < -0.39 is 0 Å². The lowest BCUT2D eigenvalue weighted by molar-refractivity contribution is 0.868. The van der Waals surface area contributed by atoms with Crippen LogP contribution in [0.3, 0.4) is 0 Å². The van der Waals surface area contributed by atoms with Crippen molar-refractivity contribution < 1.29 is 0 Å². The molecule has 44 valence electrons. The maximum atomic E-state index is 3.97. The zero-order chi connectivity index (χ0) is 5.98. The Balaban J connectivity index is 2.58. The molecule has 0 fully saturated rings. The molecule has 0 unspecified atom stereocenters. The summed E-state index contributed by atoms with van der Waals surface area (Å²) in [5.41, 5.74) is 0. The van der Waals surface area contributed by atoms with Crippen molar-refractivity contribution in [2.24, 2.45) is 9.39 Å². The normalized spacial score (nSPS) is 18.8. The van der Waals surface area contributed by atoms with E-state index in [9.17, 15) is 0 Å². The first-order chi connectivity index (χ1) is 3.79. The van der Waals surface area contributed by atoms with E-state index in [0.29, 0.717) is 0 Å². The minimum Gasteiger partial charge on any atom is -0.290 e. The Morgan fingerprint density at radius 3 is 2.88 bits per heavy atom. The average molecular weight is 129 g/mol. The van der Waals surface area contributed by atoms with Gasteiger partial charge in [-0.15, -0.1) is 0 Å². The lowest BCUT2D eigenvalue weighted by Gasteiger charge is -2.09. The number of rotatable bonds is 0. The van der Waals surface area contributed by atoms with Crippen LogP contribution in [0.2, 0.25) is 0 Å². The number of hydrogen-bond acceptors (Lipinski definition) is 4. The summed E-state index contributed by atoms with van der Waals surface area (Å²) in [7, 11) is 1.91. The highest BCUT2D eigenvalue weighted by atomic mass is 32.2. The van der Waals surface area contributed by atoms with E-state index in [1.165, 1.54) is 12.1 Å². The van der Waals surface area contributed by atoms with Gasteiger partial charge in [-0.3, -0.25) is 4.31 Å². The average Bonchev–Trinajstić information content (AvgIpc) is 1.77. The fourth-order valence-electron chi connectivity index (χ4n) is 0.333. The van der Waals surface area contributed by atoms with Crippen LogP contribution in [0.25, 0.3) is 0 Å². The minimum absolute atomic E-state index is 0.827. The highest BCUT2D eigenvalue weighted by Crippen LogP contribution is 2.09. The molecule has 1 aliphatic heterocycles. The molecule has 0 aromatic heterocycles. The van der Waals surface area contributed by atoms with Crippen molar-refractivity contribution in [1.29, 1.82) is 0 Å². The van der Waals surface area contributed by atoms with E-state index in [1.807, 2.05) is 18.3 Å². The van der Waals surface area contributed by atoms with Crippen molar-refractivity contribution >= 4 is 24.3 Å². The molecule has 0 atom stereocenters. The lowest BCUT2D eigenvalue weighted by atomic mass is 10.7. The molecule has 0 amide bonds. The van der Waals surface area contributed by atoms with Crippen LogP contribution in [-0.4, -0.2) is 23.5 Å². The number of amidine groups is 1. The molecule has 4 heteroatoms. The fourth-order valence-corrected chi connectivity index (χ4v) is 0.716. The zero-order valence-corrected chi connectivity index (χ0v) is 5.64. The van der Waals surface area contributed by atoms with E-state index in [4.69, 9.17) is 0 Å². The van der Waals surface area contributed by atoms with Gasteiger partial charge in [0.15, 0.2) is 0 Å². The Bertz CT molecular complexity index is 140. The van der Waals surface area contributed by atoms with E-state index in [1.54, 1.807) is 6.34 Å². The highest BCUT2D eigenvalue weighted by Gasteiger charge is 1.96. The molecule has 0 spiro atoms. The van der Waals surface area contributed by atoms with Crippen molar-refractivity contribution in [3.63, 3.8) is 0 Å². The predicted molar refractivity (Wildman–Crippen MR) is 37.0 cm³/mol. The number of nitrogens with zero attached hydrogens (tertiary/aromatic N) is 3. The second-order valence-corrected chi connectivity index (χ2v) is 2.43. The van der Waals surface area contributed by atoms with Gasteiger partial charge >= 0.3 is 0 Å². The van der Waals surface area contributed by atoms with Crippen molar-refractivity contribution in [2.45, 2.75) is 6.92 Å². The van der Waals surface area contributed by atoms with Gasteiger partial charge < -0.3 is 0 Å². The van der Waals surface area contributed by atoms with Crippen molar-refractivity contribution in [3.05, 3.63) is 0 Å². The molecule has 0 aromatic carbocycles. The van der Waals surface area contributed by atoms with Gasteiger partial charge in [0, 0.05) is 7.05 Å². The Morgan fingerprint density at radius 1 is 1.75 bits per heavy atom. The van der Waals surface area contributed by atoms with Crippen molar-refractivity contribution in [3.8, 4) is 0 Å². The maximum Gasteiger partial charge on any atom is 0.137 e. The molecule has 0 saturated heterocycles. The summed E-state index contributed by atoms with van der Waals surface area (Å²) in [4.78, 5) is 3.94. The third kappa shape index (κ3) is 1.23. The molecule has 1 heterocycles. The Kier molecular flexibility index (Phi) is 1.53. The SMILES string of the molecule is CC1=NSN(C)C=N1. The van der Waals surface area contributed by atoms with E-state index in [2.05, 4.69) is 9.39 Å². The molecule has 0 aromatic rings. The molecule has 0 aliphatic carbocycles. The third-order valence-corrected chi connectivity index (χ3v) is 1.41. The first kappa shape index (κ1) is 5.62. The molecule has 0 N–H and O–H groups in total. The maximum absolute atomic E-state index is 3.97. The van der Waals surface area contributed by atoms with Gasteiger partial charge in [0.2, 0.25) is 0 Å². The number of aliphatic imine (C=N–C) groups is 1. The van der Waals surface area contributed by atoms with E-state index >= 15 is 0 Å². The summed E-state index contributed by atoms with van der Waals surface area (Å²) in [6.45, 7) is 1.87. The number of hydrogen-bond donors (Lipinski definition) is 0. The first-order valence-electron chi connectivity index (χ1n) is 2.28. The summed E-state index contributed by atoms with van der Waals surface area (Å²) in [5.74, 6) is 0.827. The van der Waals surface area contributed by atoms with Gasteiger partial charge in [0.1, 0.15) is 12.2 Å². The monoisotopic (exact) mass is 129 g/mol. The van der Waals surface area contributed by atoms with Gasteiger partial charge in [-0.05, 0) is 6.92 Å². The standard InChI is InChI=1S/C4H7N3S/c1-4-5-3-7(2)8-6-4/h3H,1-2H3.